The number of benzene rings is 3. The summed E-state index contributed by atoms with van der Waals surface area (Å²) in [5, 5.41) is 3.35. The largest absolute Gasteiger partial charge is 0.466 e. The lowest BCUT2D eigenvalue weighted by molar-refractivity contribution is -0.130. The SMILES string of the molecule is O=C(NC1CCCCC1)[C@]1(c2ccccc2)N=C(c2ccccc2Br)O[C@H]1c1ccccc1. The minimum atomic E-state index is -1.22. The lowest BCUT2D eigenvalue weighted by atomic mass is 9.80. The van der Waals surface area contributed by atoms with Crippen LogP contribution in [-0.2, 0) is 15.1 Å². The molecular weight excluding hydrogens is 476 g/mol. The quantitative estimate of drug-likeness (QED) is 0.444. The second kappa shape index (κ2) is 9.52. The average molecular weight is 503 g/mol. The Labute approximate surface area is 203 Å². The van der Waals surface area contributed by atoms with Crippen molar-refractivity contribution in [1.82, 2.24) is 5.32 Å². The second-order valence-electron chi connectivity index (χ2n) is 8.75. The van der Waals surface area contributed by atoms with Crippen LogP contribution in [0.4, 0.5) is 0 Å². The Hall–Kier alpha value is -2.92. The maximum absolute atomic E-state index is 14.2. The van der Waals surface area contributed by atoms with Crippen LogP contribution in [0, 0.1) is 0 Å². The number of carbonyl (C=O) groups excluding carboxylic acids is 1. The fourth-order valence-corrected chi connectivity index (χ4v) is 5.34. The molecule has 1 fully saturated rings. The Morgan fingerprint density at radius 2 is 1.52 bits per heavy atom. The number of amides is 1. The van der Waals surface area contributed by atoms with Crippen molar-refractivity contribution in [2.24, 2.45) is 4.99 Å². The van der Waals surface area contributed by atoms with Gasteiger partial charge in [-0.15, -0.1) is 0 Å². The van der Waals surface area contributed by atoms with Crippen molar-refractivity contribution < 1.29 is 9.53 Å². The molecule has 3 aromatic carbocycles. The van der Waals surface area contributed by atoms with Crippen molar-refractivity contribution in [1.29, 1.82) is 0 Å². The number of nitrogens with one attached hydrogen (secondary N) is 1. The minimum Gasteiger partial charge on any atom is -0.466 e. The summed E-state index contributed by atoms with van der Waals surface area (Å²) in [6.45, 7) is 0. The highest BCUT2D eigenvalue weighted by molar-refractivity contribution is 9.10. The summed E-state index contributed by atoms with van der Waals surface area (Å²) >= 11 is 3.63. The molecule has 1 amide bonds. The zero-order valence-corrected chi connectivity index (χ0v) is 20.0. The molecule has 2 aliphatic rings. The third-order valence-electron chi connectivity index (χ3n) is 6.59. The van der Waals surface area contributed by atoms with Crippen molar-refractivity contribution >= 4 is 27.7 Å². The molecule has 1 aliphatic heterocycles. The molecule has 0 radical (unpaired) electrons. The number of hydrogen-bond donors (Lipinski definition) is 1. The Bertz CT molecular complexity index is 1140. The summed E-state index contributed by atoms with van der Waals surface area (Å²) in [7, 11) is 0. The third-order valence-corrected chi connectivity index (χ3v) is 7.29. The number of aliphatic imine (C=N–C) groups is 1. The molecule has 1 aliphatic carbocycles. The summed E-state index contributed by atoms with van der Waals surface area (Å²) in [5.74, 6) is 0.371. The average Bonchev–Trinajstić information content (AvgIpc) is 3.28. The topological polar surface area (TPSA) is 50.7 Å². The van der Waals surface area contributed by atoms with E-state index in [1.54, 1.807) is 0 Å². The highest BCUT2D eigenvalue weighted by atomic mass is 79.9. The minimum absolute atomic E-state index is 0.100. The monoisotopic (exact) mass is 502 g/mol. The number of halogens is 1. The summed E-state index contributed by atoms with van der Waals surface area (Å²) < 4.78 is 7.44. The van der Waals surface area contributed by atoms with Gasteiger partial charge in [0.1, 0.15) is 0 Å². The van der Waals surface area contributed by atoms with Crippen molar-refractivity contribution in [3.8, 4) is 0 Å². The molecule has 33 heavy (non-hydrogen) atoms. The Morgan fingerprint density at radius 1 is 0.879 bits per heavy atom. The van der Waals surface area contributed by atoms with Crippen molar-refractivity contribution in [2.75, 3.05) is 0 Å². The van der Waals surface area contributed by atoms with Crippen LogP contribution in [0.25, 0.3) is 0 Å². The van der Waals surface area contributed by atoms with E-state index in [1.807, 2.05) is 84.9 Å². The molecule has 1 heterocycles. The normalized spacial score (nSPS) is 22.9. The molecule has 5 heteroatoms. The Morgan fingerprint density at radius 3 is 2.21 bits per heavy atom. The van der Waals surface area contributed by atoms with Gasteiger partial charge in [0.2, 0.25) is 11.4 Å². The van der Waals surface area contributed by atoms with Crippen LogP contribution in [0.5, 0.6) is 0 Å². The second-order valence-corrected chi connectivity index (χ2v) is 9.60. The Kier molecular flexibility index (Phi) is 6.32. The number of rotatable bonds is 5. The van der Waals surface area contributed by atoms with Crippen molar-refractivity contribution in [3.63, 3.8) is 0 Å². The number of carbonyl (C=O) groups is 1. The van der Waals surface area contributed by atoms with E-state index in [1.165, 1.54) is 6.42 Å². The van der Waals surface area contributed by atoms with Crippen LogP contribution in [-0.4, -0.2) is 17.8 Å². The summed E-state index contributed by atoms with van der Waals surface area (Å²) in [5.41, 5.74) is 1.37. The predicted molar refractivity (Wildman–Crippen MR) is 134 cm³/mol. The number of nitrogens with zero attached hydrogens (tertiary/aromatic N) is 1. The predicted octanol–water partition coefficient (Wildman–Crippen LogP) is 6.31. The van der Waals surface area contributed by atoms with Crippen molar-refractivity contribution in [2.45, 2.75) is 49.8 Å². The van der Waals surface area contributed by atoms with Crippen LogP contribution in [0.2, 0.25) is 0 Å². The molecule has 0 saturated heterocycles. The van der Waals surface area contributed by atoms with Gasteiger partial charge in [0, 0.05) is 10.5 Å². The van der Waals surface area contributed by atoms with E-state index in [4.69, 9.17) is 9.73 Å². The summed E-state index contributed by atoms with van der Waals surface area (Å²) in [6, 6.07) is 27.8. The van der Waals surface area contributed by atoms with E-state index in [9.17, 15) is 4.79 Å². The molecule has 2 atom stereocenters. The van der Waals surface area contributed by atoms with Gasteiger partial charge in [-0.25, -0.2) is 4.99 Å². The standard InChI is InChI=1S/C28H27BrN2O2/c29-24-19-11-10-18-23(24)26-31-28(21-14-6-2-7-15-21,25(33-26)20-12-4-1-5-13-20)27(32)30-22-16-8-3-9-17-22/h1-2,4-7,10-15,18-19,22,25H,3,8-9,16-17H2,(H,30,32)/t25-,28+/m0/s1. The molecule has 5 rings (SSSR count). The highest BCUT2D eigenvalue weighted by Gasteiger charge is 2.55. The Balaban J connectivity index is 1.66. The van der Waals surface area contributed by atoms with Gasteiger partial charge in [0.05, 0.1) is 5.56 Å². The van der Waals surface area contributed by atoms with E-state index in [0.717, 1.165) is 46.8 Å². The fourth-order valence-electron chi connectivity index (χ4n) is 4.89. The lowest BCUT2D eigenvalue weighted by Gasteiger charge is -2.33. The summed E-state index contributed by atoms with van der Waals surface area (Å²) in [6.07, 6.45) is 4.96. The van der Waals surface area contributed by atoms with Crippen LogP contribution >= 0.6 is 15.9 Å². The van der Waals surface area contributed by atoms with Crippen LogP contribution in [0.3, 0.4) is 0 Å². The van der Waals surface area contributed by atoms with Gasteiger partial charge in [-0.05, 0) is 52.0 Å². The molecule has 1 N–H and O–H groups in total. The van der Waals surface area contributed by atoms with Gasteiger partial charge in [-0.3, -0.25) is 4.79 Å². The smallest absolute Gasteiger partial charge is 0.257 e. The summed E-state index contributed by atoms with van der Waals surface area (Å²) in [4.78, 5) is 19.3. The van der Waals surface area contributed by atoms with Gasteiger partial charge in [-0.1, -0.05) is 92.1 Å². The first-order chi connectivity index (χ1) is 16.2. The number of hydrogen-bond acceptors (Lipinski definition) is 3. The van der Waals surface area contributed by atoms with E-state index < -0.39 is 11.6 Å². The number of ether oxygens (including phenoxy) is 1. The molecule has 1 saturated carbocycles. The maximum Gasteiger partial charge on any atom is 0.257 e. The molecule has 3 aromatic rings. The van der Waals surface area contributed by atoms with Gasteiger partial charge < -0.3 is 10.1 Å². The van der Waals surface area contributed by atoms with Gasteiger partial charge in [0.15, 0.2) is 6.10 Å². The molecule has 0 unspecified atom stereocenters. The van der Waals surface area contributed by atoms with Crippen LogP contribution < -0.4 is 5.32 Å². The van der Waals surface area contributed by atoms with Gasteiger partial charge in [-0.2, -0.15) is 0 Å². The molecule has 168 valence electrons. The van der Waals surface area contributed by atoms with E-state index in [0.29, 0.717) is 5.90 Å². The lowest BCUT2D eigenvalue weighted by Crippen LogP contribution is -2.49. The van der Waals surface area contributed by atoms with Gasteiger partial charge >= 0.3 is 0 Å². The maximum atomic E-state index is 14.2. The fraction of sp³-hybridized carbons (Fsp3) is 0.286. The molecule has 0 aromatic heterocycles. The van der Waals surface area contributed by atoms with E-state index in [-0.39, 0.29) is 11.9 Å². The first kappa shape index (κ1) is 21.9. The molecular formula is C28H27BrN2O2. The van der Waals surface area contributed by atoms with Crippen LogP contribution in [0.1, 0.15) is 54.9 Å². The molecule has 0 spiro atoms. The first-order valence-corrected chi connectivity index (χ1v) is 12.4. The zero-order valence-electron chi connectivity index (χ0n) is 18.4. The first-order valence-electron chi connectivity index (χ1n) is 11.6. The van der Waals surface area contributed by atoms with E-state index in [2.05, 4.69) is 21.2 Å². The third kappa shape index (κ3) is 4.22. The van der Waals surface area contributed by atoms with Gasteiger partial charge in [0.25, 0.3) is 5.91 Å². The van der Waals surface area contributed by atoms with E-state index >= 15 is 0 Å². The highest BCUT2D eigenvalue weighted by Crippen LogP contribution is 2.47. The van der Waals surface area contributed by atoms with Crippen molar-refractivity contribution in [3.05, 3.63) is 106 Å². The zero-order chi connectivity index (χ0) is 22.7. The molecule has 0 bridgehead atoms. The molecule has 4 nitrogen and oxygen atoms in total. The van der Waals surface area contributed by atoms with Crippen LogP contribution in [0.15, 0.2) is 94.4 Å².